The Balaban J connectivity index is 1.69. The number of aliphatic hydroxyl groups is 1. The fourth-order valence-corrected chi connectivity index (χ4v) is 3.08. The summed E-state index contributed by atoms with van der Waals surface area (Å²) < 4.78 is 5.47. The molecule has 22 heavy (non-hydrogen) atoms. The van der Waals surface area contributed by atoms with Gasteiger partial charge in [-0.2, -0.15) is 4.98 Å². The van der Waals surface area contributed by atoms with Crippen LogP contribution in [0.15, 0.2) is 34.9 Å². The van der Waals surface area contributed by atoms with Crippen LogP contribution in [0.3, 0.4) is 0 Å². The van der Waals surface area contributed by atoms with Crippen molar-refractivity contribution in [3.63, 3.8) is 0 Å². The molecule has 0 bridgehead atoms. The fourth-order valence-electron chi connectivity index (χ4n) is 3.08. The maximum Gasteiger partial charge on any atom is 0.229 e. The molecule has 2 aromatic rings. The number of aromatic nitrogens is 2. The average Bonchev–Trinajstić information content (AvgIpc) is 3.05. The van der Waals surface area contributed by atoms with Crippen LogP contribution in [0.4, 0.5) is 5.69 Å². The fraction of sp³-hybridized carbons (Fsp3) is 0.529. The standard InChI is InChI=1S/C17H23N3O2/c21-12-11-20(15-9-5-2-6-10-15)13-16-18-17(22-19-16)14-7-3-1-4-8-14/h2,5-6,9-10,14,21H,1,3-4,7-8,11-13H2. The second kappa shape index (κ2) is 7.40. The van der Waals surface area contributed by atoms with Gasteiger partial charge in [-0.15, -0.1) is 0 Å². The van der Waals surface area contributed by atoms with E-state index in [0.29, 0.717) is 24.8 Å². The molecule has 1 fully saturated rings. The van der Waals surface area contributed by atoms with Gasteiger partial charge >= 0.3 is 0 Å². The van der Waals surface area contributed by atoms with Gasteiger partial charge in [-0.1, -0.05) is 42.6 Å². The number of hydrogen-bond donors (Lipinski definition) is 1. The first-order valence-electron chi connectivity index (χ1n) is 8.10. The number of rotatable bonds is 6. The van der Waals surface area contributed by atoms with Crippen LogP contribution in [0.2, 0.25) is 0 Å². The summed E-state index contributed by atoms with van der Waals surface area (Å²) in [5, 5.41) is 13.4. The number of anilines is 1. The highest BCUT2D eigenvalue weighted by molar-refractivity contribution is 5.45. The van der Waals surface area contributed by atoms with E-state index in [1.165, 1.54) is 19.3 Å². The zero-order valence-electron chi connectivity index (χ0n) is 12.8. The van der Waals surface area contributed by atoms with Crippen LogP contribution in [-0.2, 0) is 6.54 Å². The lowest BCUT2D eigenvalue weighted by Crippen LogP contribution is -2.26. The maximum absolute atomic E-state index is 9.28. The Kier molecular flexibility index (Phi) is 5.06. The molecule has 1 aliphatic rings. The Labute approximate surface area is 131 Å². The Morgan fingerprint density at radius 1 is 1.14 bits per heavy atom. The van der Waals surface area contributed by atoms with E-state index in [-0.39, 0.29) is 6.61 Å². The number of nitrogens with zero attached hydrogens (tertiary/aromatic N) is 3. The lowest BCUT2D eigenvalue weighted by Gasteiger charge is -2.22. The van der Waals surface area contributed by atoms with E-state index < -0.39 is 0 Å². The van der Waals surface area contributed by atoms with E-state index in [4.69, 9.17) is 4.52 Å². The van der Waals surface area contributed by atoms with Gasteiger partial charge in [0.05, 0.1) is 13.2 Å². The molecule has 1 N–H and O–H groups in total. The zero-order valence-corrected chi connectivity index (χ0v) is 12.8. The van der Waals surface area contributed by atoms with Gasteiger partial charge in [-0.3, -0.25) is 0 Å². The van der Waals surface area contributed by atoms with Crippen molar-refractivity contribution in [1.82, 2.24) is 10.1 Å². The van der Waals surface area contributed by atoms with Crippen molar-refractivity contribution >= 4 is 5.69 Å². The van der Waals surface area contributed by atoms with Crippen molar-refractivity contribution in [2.45, 2.75) is 44.6 Å². The van der Waals surface area contributed by atoms with Gasteiger partial charge in [0.25, 0.3) is 0 Å². The van der Waals surface area contributed by atoms with Gasteiger partial charge in [-0.05, 0) is 25.0 Å². The molecule has 0 aliphatic heterocycles. The first-order chi connectivity index (χ1) is 10.9. The molecule has 118 valence electrons. The molecule has 1 aliphatic carbocycles. The second-order valence-electron chi connectivity index (χ2n) is 5.86. The van der Waals surface area contributed by atoms with Crippen molar-refractivity contribution in [2.24, 2.45) is 0 Å². The molecule has 1 aromatic carbocycles. The molecule has 0 saturated heterocycles. The third kappa shape index (κ3) is 3.65. The predicted molar refractivity (Wildman–Crippen MR) is 84.7 cm³/mol. The van der Waals surface area contributed by atoms with Crippen LogP contribution >= 0.6 is 0 Å². The Bertz CT molecular complexity index is 564. The smallest absolute Gasteiger partial charge is 0.229 e. The minimum atomic E-state index is 0.0994. The van der Waals surface area contributed by atoms with Crippen LogP contribution in [0.25, 0.3) is 0 Å². The van der Waals surface area contributed by atoms with Gasteiger partial charge in [-0.25, -0.2) is 0 Å². The molecular formula is C17H23N3O2. The van der Waals surface area contributed by atoms with Crippen LogP contribution in [0.5, 0.6) is 0 Å². The van der Waals surface area contributed by atoms with E-state index in [2.05, 4.69) is 15.0 Å². The SMILES string of the molecule is OCCN(Cc1noc(C2CCCCC2)n1)c1ccccc1. The number of aliphatic hydroxyl groups excluding tert-OH is 1. The van der Waals surface area contributed by atoms with Crippen molar-refractivity contribution in [2.75, 3.05) is 18.1 Å². The van der Waals surface area contributed by atoms with Crippen molar-refractivity contribution < 1.29 is 9.63 Å². The summed E-state index contributed by atoms with van der Waals surface area (Å²) in [5.41, 5.74) is 1.06. The van der Waals surface area contributed by atoms with E-state index in [9.17, 15) is 5.11 Å². The highest BCUT2D eigenvalue weighted by atomic mass is 16.5. The minimum Gasteiger partial charge on any atom is -0.395 e. The molecule has 5 heteroatoms. The summed E-state index contributed by atoms with van der Waals surface area (Å²) in [6, 6.07) is 10.0. The quantitative estimate of drug-likeness (QED) is 0.888. The van der Waals surface area contributed by atoms with Crippen LogP contribution in [0, 0.1) is 0 Å². The highest BCUT2D eigenvalue weighted by Crippen LogP contribution is 2.31. The maximum atomic E-state index is 9.28. The zero-order chi connectivity index (χ0) is 15.2. The normalized spacial score (nSPS) is 15.9. The van der Waals surface area contributed by atoms with E-state index >= 15 is 0 Å². The first-order valence-corrected chi connectivity index (χ1v) is 8.10. The third-order valence-corrected chi connectivity index (χ3v) is 4.26. The first kappa shape index (κ1) is 15.0. The van der Waals surface area contributed by atoms with Gasteiger partial charge in [0, 0.05) is 18.2 Å². The highest BCUT2D eigenvalue weighted by Gasteiger charge is 2.22. The minimum absolute atomic E-state index is 0.0994. The summed E-state index contributed by atoms with van der Waals surface area (Å²) >= 11 is 0. The van der Waals surface area contributed by atoms with Gasteiger partial charge < -0.3 is 14.5 Å². The molecule has 0 atom stereocenters. The molecule has 1 heterocycles. The number of para-hydroxylation sites is 1. The Morgan fingerprint density at radius 3 is 2.64 bits per heavy atom. The van der Waals surface area contributed by atoms with Crippen LogP contribution < -0.4 is 4.90 Å². The van der Waals surface area contributed by atoms with Gasteiger partial charge in [0.1, 0.15) is 0 Å². The van der Waals surface area contributed by atoms with E-state index in [1.54, 1.807) is 0 Å². The molecule has 0 radical (unpaired) electrons. The molecule has 1 aromatic heterocycles. The number of benzene rings is 1. The molecule has 0 amide bonds. The molecule has 3 rings (SSSR count). The summed E-state index contributed by atoms with van der Waals surface area (Å²) in [6.07, 6.45) is 6.13. The Hall–Kier alpha value is -1.88. The van der Waals surface area contributed by atoms with Crippen LogP contribution in [-0.4, -0.2) is 28.4 Å². The monoisotopic (exact) mass is 301 g/mol. The van der Waals surface area contributed by atoms with E-state index in [0.717, 1.165) is 24.4 Å². The van der Waals surface area contributed by atoms with E-state index in [1.807, 2.05) is 30.3 Å². The Morgan fingerprint density at radius 2 is 1.91 bits per heavy atom. The molecule has 0 spiro atoms. The lowest BCUT2D eigenvalue weighted by molar-refractivity contribution is 0.299. The summed E-state index contributed by atoms with van der Waals surface area (Å²) in [4.78, 5) is 6.65. The topological polar surface area (TPSA) is 62.4 Å². The van der Waals surface area contributed by atoms with Gasteiger partial charge in [0.15, 0.2) is 5.82 Å². The van der Waals surface area contributed by atoms with Gasteiger partial charge in [0.2, 0.25) is 5.89 Å². The second-order valence-corrected chi connectivity index (χ2v) is 5.86. The molecule has 1 saturated carbocycles. The summed E-state index contributed by atoms with van der Waals surface area (Å²) in [7, 11) is 0. The van der Waals surface area contributed by atoms with Crippen molar-refractivity contribution in [1.29, 1.82) is 0 Å². The largest absolute Gasteiger partial charge is 0.395 e. The summed E-state index contributed by atoms with van der Waals surface area (Å²) in [6.45, 7) is 1.21. The third-order valence-electron chi connectivity index (χ3n) is 4.26. The molecule has 0 unspecified atom stereocenters. The lowest BCUT2D eigenvalue weighted by atomic mass is 9.89. The molecular weight excluding hydrogens is 278 g/mol. The number of hydrogen-bond acceptors (Lipinski definition) is 5. The summed E-state index contributed by atoms with van der Waals surface area (Å²) in [5.74, 6) is 1.91. The average molecular weight is 301 g/mol. The van der Waals surface area contributed by atoms with Crippen LogP contribution in [0.1, 0.15) is 49.7 Å². The molecule has 5 nitrogen and oxygen atoms in total. The van der Waals surface area contributed by atoms with Crippen molar-refractivity contribution in [3.8, 4) is 0 Å². The van der Waals surface area contributed by atoms with Crippen molar-refractivity contribution in [3.05, 3.63) is 42.0 Å². The predicted octanol–water partition coefficient (Wildman–Crippen LogP) is 3.12.